The normalized spacial score (nSPS) is 22.0. The smallest absolute Gasteiger partial charge is 0.237 e. The minimum Gasteiger partial charge on any atom is -0.381 e. The zero-order chi connectivity index (χ0) is 17.3. The zero-order valence-corrected chi connectivity index (χ0v) is 14.8. The Balaban J connectivity index is 1.37. The second-order valence-electron chi connectivity index (χ2n) is 7.09. The summed E-state index contributed by atoms with van der Waals surface area (Å²) in [6, 6.07) is 8.12. The molecule has 25 heavy (non-hydrogen) atoms. The van der Waals surface area contributed by atoms with Crippen molar-refractivity contribution in [1.82, 2.24) is 20.2 Å². The minimum absolute atomic E-state index is 0.0682. The lowest BCUT2D eigenvalue weighted by atomic mass is 9.67. The number of hydrogen-bond acceptors (Lipinski definition) is 4. The number of para-hydroxylation sites is 2. The molecule has 1 unspecified atom stereocenters. The fourth-order valence-corrected chi connectivity index (χ4v) is 4.18. The molecule has 2 aromatic rings. The molecule has 0 saturated carbocycles. The molecule has 2 fully saturated rings. The molecule has 134 valence electrons. The summed E-state index contributed by atoms with van der Waals surface area (Å²) in [4.78, 5) is 17.3. The van der Waals surface area contributed by atoms with Gasteiger partial charge in [-0.05, 0) is 31.9 Å². The maximum atomic E-state index is 12.6. The van der Waals surface area contributed by atoms with Gasteiger partial charge in [-0.3, -0.25) is 4.79 Å². The molecule has 0 radical (unpaired) electrons. The zero-order valence-electron chi connectivity index (χ0n) is 14.8. The number of hydrogen-bond donors (Lipinski definition) is 2. The van der Waals surface area contributed by atoms with E-state index in [1.807, 2.05) is 18.2 Å². The lowest BCUT2D eigenvalue weighted by Crippen LogP contribution is -2.69. The van der Waals surface area contributed by atoms with Gasteiger partial charge in [-0.2, -0.15) is 0 Å². The Morgan fingerprint density at radius 1 is 1.40 bits per heavy atom. The number of aromatic nitrogens is 2. The van der Waals surface area contributed by atoms with Crippen LogP contribution in [0.4, 0.5) is 0 Å². The summed E-state index contributed by atoms with van der Waals surface area (Å²) >= 11 is 0. The van der Waals surface area contributed by atoms with Gasteiger partial charge in [0, 0.05) is 44.7 Å². The van der Waals surface area contributed by atoms with Crippen LogP contribution in [0.3, 0.4) is 0 Å². The Morgan fingerprint density at radius 2 is 2.20 bits per heavy atom. The standard InChI is InChI=1S/C19H26N4O2/c1-2-23-15-6-4-3-5-14(15)22-16(23)7-10-20-18(24)17-19(13-21-17)8-11-25-12-9-19/h3-6,17,21H,2,7-13H2,1H3,(H,20,24). The van der Waals surface area contributed by atoms with Gasteiger partial charge in [0.2, 0.25) is 5.91 Å². The molecule has 6 heteroatoms. The molecule has 2 N–H and O–H groups in total. The van der Waals surface area contributed by atoms with E-state index in [9.17, 15) is 4.79 Å². The Morgan fingerprint density at radius 3 is 2.92 bits per heavy atom. The van der Waals surface area contributed by atoms with Crippen LogP contribution in [-0.2, 0) is 22.5 Å². The Kier molecular flexibility index (Phi) is 4.48. The van der Waals surface area contributed by atoms with Crippen LogP contribution in [0, 0.1) is 5.41 Å². The van der Waals surface area contributed by atoms with Crippen molar-refractivity contribution in [2.45, 2.75) is 38.8 Å². The van der Waals surface area contributed by atoms with Gasteiger partial charge in [0.15, 0.2) is 0 Å². The van der Waals surface area contributed by atoms with Gasteiger partial charge in [-0.15, -0.1) is 0 Å². The molecule has 2 saturated heterocycles. The van der Waals surface area contributed by atoms with Crippen LogP contribution in [0.5, 0.6) is 0 Å². The number of imidazole rings is 1. The predicted molar refractivity (Wildman–Crippen MR) is 96.4 cm³/mol. The molecule has 0 bridgehead atoms. The highest BCUT2D eigenvalue weighted by molar-refractivity contribution is 5.84. The molecule has 0 aliphatic carbocycles. The fourth-order valence-electron chi connectivity index (χ4n) is 4.18. The number of fused-ring (bicyclic) bond motifs is 1. The van der Waals surface area contributed by atoms with E-state index in [0.29, 0.717) is 6.54 Å². The molecule has 1 spiro atoms. The van der Waals surface area contributed by atoms with Crippen LogP contribution in [-0.4, -0.2) is 47.8 Å². The summed E-state index contributed by atoms with van der Waals surface area (Å²) in [5.41, 5.74) is 2.29. The van der Waals surface area contributed by atoms with Crippen LogP contribution < -0.4 is 10.6 Å². The first-order valence-electron chi connectivity index (χ1n) is 9.26. The highest BCUT2D eigenvalue weighted by Crippen LogP contribution is 2.39. The molecule has 1 amide bonds. The number of nitrogens with zero attached hydrogens (tertiary/aromatic N) is 2. The number of aryl methyl sites for hydroxylation is 1. The number of carbonyl (C=O) groups is 1. The molecule has 2 aliphatic rings. The van der Waals surface area contributed by atoms with Crippen LogP contribution in [0.25, 0.3) is 11.0 Å². The SMILES string of the molecule is CCn1c(CCNC(=O)C2NCC23CCOCC3)nc2ccccc21. The van der Waals surface area contributed by atoms with E-state index in [0.717, 1.165) is 62.4 Å². The van der Waals surface area contributed by atoms with Crippen LogP contribution in [0.1, 0.15) is 25.6 Å². The van der Waals surface area contributed by atoms with E-state index in [2.05, 4.69) is 28.2 Å². The number of carbonyl (C=O) groups excluding carboxylic acids is 1. The average molecular weight is 342 g/mol. The van der Waals surface area contributed by atoms with E-state index in [1.54, 1.807) is 0 Å². The number of amides is 1. The molecule has 3 heterocycles. The first-order chi connectivity index (χ1) is 12.2. The summed E-state index contributed by atoms with van der Waals surface area (Å²) in [5, 5.41) is 6.41. The van der Waals surface area contributed by atoms with E-state index in [-0.39, 0.29) is 17.4 Å². The van der Waals surface area contributed by atoms with Gasteiger partial charge in [0.1, 0.15) is 5.82 Å². The summed E-state index contributed by atoms with van der Waals surface area (Å²) in [7, 11) is 0. The summed E-state index contributed by atoms with van der Waals surface area (Å²) in [6.45, 7) is 6.10. The maximum absolute atomic E-state index is 12.6. The van der Waals surface area contributed by atoms with Crippen molar-refractivity contribution in [3.63, 3.8) is 0 Å². The third-order valence-electron chi connectivity index (χ3n) is 5.72. The molecule has 6 nitrogen and oxygen atoms in total. The number of rotatable bonds is 5. The molecular weight excluding hydrogens is 316 g/mol. The summed E-state index contributed by atoms with van der Waals surface area (Å²) < 4.78 is 7.68. The molecule has 2 aliphatic heterocycles. The largest absolute Gasteiger partial charge is 0.381 e. The van der Waals surface area contributed by atoms with Gasteiger partial charge < -0.3 is 19.9 Å². The van der Waals surface area contributed by atoms with Crippen molar-refractivity contribution >= 4 is 16.9 Å². The van der Waals surface area contributed by atoms with Crippen molar-refractivity contribution < 1.29 is 9.53 Å². The van der Waals surface area contributed by atoms with Crippen molar-refractivity contribution in [1.29, 1.82) is 0 Å². The van der Waals surface area contributed by atoms with Crippen LogP contribution >= 0.6 is 0 Å². The Labute approximate surface area is 147 Å². The Bertz CT molecular complexity index is 764. The van der Waals surface area contributed by atoms with Gasteiger partial charge in [0.05, 0.1) is 17.1 Å². The molecule has 1 aromatic carbocycles. The lowest BCUT2D eigenvalue weighted by Gasteiger charge is -2.51. The first-order valence-corrected chi connectivity index (χ1v) is 9.26. The third kappa shape index (κ3) is 2.93. The fraction of sp³-hybridized carbons (Fsp3) is 0.579. The van der Waals surface area contributed by atoms with Crippen molar-refractivity contribution in [2.24, 2.45) is 5.41 Å². The van der Waals surface area contributed by atoms with Crippen LogP contribution in [0.15, 0.2) is 24.3 Å². The van der Waals surface area contributed by atoms with E-state index in [4.69, 9.17) is 9.72 Å². The number of nitrogens with one attached hydrogen (secondary N) is 2. The highest BCUT2D eigenvalue weighted by Gasteiger charge is 2.50. The molecule has 1 atom stereocenters. The topological polar surface area (TPSA) is 68.2 Å². The van der Waals surface area contributed by atoms with Gasteiger partial charge in [-0.1, -0.05) is 12.1 Å². The van der Waals surface area contributed by atoms with Gasteiger partial charge >= 0.3 is 0 Å². The van der Waals surface area contributed by atoms with Crippen LogP contribution in [0.2, 0.25) is 0 Å². The monoisotopic (exact) mass is 342 g/mol. The summed E-state index contributed by atoms with van der Waals surface area (Å²) in [6.07, 6.45) is 2.70. The van der Waals surface area contributed by atoms with Gasteiger partial charge in [-0.25, -0.2) is 4.98 Å². The predicted octanol–water partition coefficient (Wildman–Crippen LogP) is 1.48. The second kappa shape index (κ2) is 6.77. The van der Waals surface area contributed by atoms with E-state index in [1.165, 1.54) is 0 Å². The first kappa shape index (κ1) is 16.5. The molecular formula is C19H26N4O2. The van der Waals surface area contributed by atoms with E-state index >= 15 is 0 Å². The lowest BCUT2D eigenvalue weighted by molar-refractivity contribution is -0.135. The maximum Gasteiger partial charge on any atom is 0.237 e. The molecule has 4 rings (SSSR count). The average Bonchev–Trinajstić information content (AvgIpc) is 2.99. The van der Waals surface area contributed by atoms with Crippen molar-refractivity contribution in [2.75, 3.05) is 26.3 Å². The van der Waals surface area contributed by atoms with Crippen molar-refractivity contribution in [3.8, 4) is 0 Å². The highest BCUT2D eigenvalue weighted by atomic mass is 16.5. The summed E-state index contributed by atoms with van der Waals surface area (Å²) in [5.74, 6) is 1.15. The number of ether oxygens (including phenoxy) is 1. The number of benzene rings is 1. The van der Waals surface area contributed by atoms with Crippen molar-refractivity contribution in [3.05, 3.63) is 30.1 Å². The molecule has 1 aromatic heterocycles. The Hall–Kier alpha value is -1.92. The van der Waals surface area contributed by atoms with Gasteiger partial charge in [0.25, 0.3) is 0 Å². The quantitative estimate of drug-likeness (QED) is 0.864. The second-order valence-corrected chi connectivity index (χ2v) is 7.09. The minimum atomic E-state index is -0.0682. The van der Waals surface area contributed by atoms with E-state index < -0.39 is 0 Å². The third-order valence-corrected chi connectivity index (χ3v) is 5.72.